The van der Waals surface area contributed by atoms with Crippen LogP contribution in [0.3, 0.4) is 0 Å². The lowest BCUT2D eigenvalue weighted by Crippen LogP contribution is -2.09. The van der Waals surface area contributed by atoms with E-state index in [1.54, 1.807) is 0 Å². The van der Waals surface area contributed by atoms with Gasteiger partial charge in [0.05, 0.1) is 13.2 Å². The molecular weight excluding hydrogens is 272 g/mol. The van der Waals surface area contributed by atoms with Gasteiger partial charge >= 0.3 is 0 Å². The van der Waals surface area contributed by atoms with Crippen LogP contribution in [0.25, 0.3) is 0 Å². The topological polar surface area (TPSA) is 18.5 Å². The number of hydrogen-bond acceptors (Lipinski definition) is 2. The maximum absolute atomic E-state index is 5.37. The summed E-state index contributed by atoms with van der Waals surface area (Å²) in [6, 6.07) is 0. The van der Waals surface area contributed by atoms with Crippen molar-refractivity contribution < 1.29 is 9.78 Å². The van der Waals surface area contributed by atoms with Crippen molar-refractivity contribution in [3.05, 3.63) is 0 Å². The van der Waals surface area contributed by atoms with E-state index in [0.29, 0.717) is 5.92 Å². The summed E-state index contributed by atoms with van der Waals surface area (Å²) in [7, 11) is 0. The second-order valence-electron chi connectivity index (χ2n) is 6.70. The summed E-state index contributed by atoms with van der Waals surface area (Å²) < 4.78 is 0. The minimum atomic E-state index is 0.674. The summed E-state index contributed by atoms with van der Waals surface area (Å²) in [6.45, 7) is 8.30. The van der Waals surface area contributed by atoms with Crippen LogP contribution in [0, 0.1) is 5.92 Å². The first-order valence-corrected chi connectivity index (χ1v) is 10.1. The van der Waals surface area contributed by atoms with Crippen molar-refractivity contribution in [3.63, 3.8) is 0 Å². The molecule has 0 fully saturated rings. The van der Waals surface area contributed by atoms with Crippen LogP contribution < -0.4 is 0 Å². The molecule has 2 nitrogen and oxygen atoms in total. The van der Waals surface area contributed by atoms with Crippen molar-refractivity contribution in [2.75, 3.05) is 13.2 Å². The molecule has 0 heterocycles. The average Bonchev–Trinajstić information content (AvgIpc) is 2.54. The van der Waals surface area contributed by atoms with Gasteiger partial charge in [-0.2, -0.15) is 0 Å². The second-order valence-corrected chi connectivity index (χ2v) is 6.70. The fraction of sp³-hybridized carbons (Fsp3) is 1.00. The maximum Gasteiger partial charge on any atom is 0.0850 e. The van der Waals surface area contributed by atoms with E-state index in [-0.39, 0.29) is 0 Å². The largest absolute Gasteiger partial charge is 0.237 e. The molecule has 0 rings (SSSR count). The molecule has 134 valence electrons. The van der Waals surface area contributed by atoms with Crippen LogP contribution in [0.1, 0.15) is 111 Å². The quantitative estimate of drug-likeness (QED) is 0.153. The zero-order valence-corrected chi connectivity index (χ0v) is 15.7. The Bertz CT molecular complexity index is 194. The highest BCUT2D eigenvalue weighted by molar-refractivity contribution is 4.54. The molecule has 0 aromatic carbocycles. The lowest BCUT2D eigenvalue weighted by atomic mass is 10.0. The Morgan fingerprint density at radius 1 is 0.591 bits per heavy atom. The van der Waals surface area contributed by atoms with Gasteiger partial charge in [0.15, 0.2) is 0 Å². The summed E-state index contributed by atoms with van der Waals surface area (Å²) in [5.41, 5.74) is 0. The Labute approximate surface area is 140 Å². The fourth-order valence-corrected chi connectivity index (χ4v) is 2.75. The monoisotopic (exact) mass is 314 g/mol. The molecule has 0 aromatic heterocycles. The van der Waals surface area contributed by atoms with Crippen LogP contribution in [-0.4, -0.2) is 13.2 Å². The summed E-state index contributed by atoms with van der Waals surface area (Å²) in [4.78, 5) is 10.7. The van der Waals surface area contributed by atoms with E-state index in [1.807, 2.05) is 0 Å². The van der Waals surface area contributed by atoms with Gasteiger partial charge in [0.1, 0.15) is 0 Å². The molecular formula is C20H42O2. The minimum absolute atomic E-state index is 0.674. The third-order valence-electron chi connectivity index (χ3n) is 4.51. The van der Waals surface area contributed by atoms with Crippen LogP contribution in [0.5, 0.6) is 0 Å². The third kappa shape index (κ3) is 16.3. The number of unbranched alkanes of at least 4 members (excludes halogenated alkanes) is 10. The van der Waals surface area contributed by atoms with E-state index in [2.05, 4.69) is 20.8 Å². The molecule has 0 aliphatic heterocycles. The van der Waals surface area contributed by atoms with Crippen LogP contribution in [-0.2, 0) is 9.78 Å². The zero-order chi connectivity index (χ0) is 16.3. The summed E-state index contributed by atoms with van der Waals surface area (Å²) in [5, 5.41) is 0. The van der Waals surface area contributed by atoms with Crippen LogP contribution in [0.4, 0.5) is 0 Å². The molecule has 0 aromatic rings. The first-order valence-electron chi connectivity index (χ1n) is 10.1. The van der Waals surface area contributed by atoms with Crippen molar-refractivity contribution in [3.8, 4) is 0 Å². The highest BCUT2D eigenvalue weighted by atomic mass is 17.2. The molecule has 22 heavy (non-hydrogen) atoms. The molecule has 0 saturated heterocycles. The first kappa shape index (κ1) is 21.9. The average molecular weight is 315 g/mol. The molecule has 0 aliphatic rings. The number of hydrogen-bond donors (Lipinski definition) is 0. The Kier molecular flexibility index (Phi) is 18.9. The molecule has 1 atom stereocenters. The minimum Gasteiger partial charge on any atom is -0.237 e. The maximum atomic E-state index is 5.37. The summed E-state index contributed by atoms with van der Waals surface area (Å²) in [5.74, 6) is 0.674. The van der Waals surface area contributed by atoms with E-state index in [9.17, 15) is 0 Å². The molecule has 2 heteroatoms. The van der Waals surface area contributed by atoms with E-state index >= 15 is 0 Å². The van der Waals surface area contributed by atoms with Crippen molar-refractivity contribution in [1.82, 2.24) is 0 Å². The molecule has 1 unspecified atom stereocenters. The van der Waals surface area contributed by atoms with Gasteiger partial charge in [-0.3, -0.25) is 0 Å². The van der Waals surface area contributed by atoms with E-state index in [0.717, 1.165) is 19.6 Å². The highest BCUT2D eigenvalue weighted by Gasteiger charge is 2.06. The predicted molar refractivity (Wildman–Crippen MR) is 97.1 cm³/mol. The van der Waals surface area contributed by atoms with E-state index in [4.69, 9.17) is 9.78 Å². The highest BCUT2D eigenvalue weighted by Crippen LogP contribution is 2.13. The molecule has 0 bridgehead atoms. The molecule has 0 aliphatic carbocycles. The lowest BCUT2D eigenvalue weighted by Gasteiger charge is -2.13. The summed E-state index contributed by atoms with van der Waals surface area (Å²) in [6.07, 6.45) is 18.7. The Morgan fingerprint density at radius 2 is 1.14 bits per heavy atom. The van der Waals surface area contributed by atoms with Gasteiger partial charge in [-0.05, 0) is 18.8 Å². The standard InChI is InChI=1S/C20H42O2/c1-4-7-9-10-11-12-13-14-15-16-18-21-22-19-20(6-3)17-8-5-2/h20H,4-19H2,1-3H3. The van der Waals surface area contributed by atoms with Crippen molar-refractivity contribution in [2.24, 2.45) is 5.92 Å². The SMILES string of the molecule is CCCCCCCCCCCCOOCC(CC)CCCC. The molecule has 0 radical (unpaired) electrons. The normalized spacial score (nSPS) is 12.7. The lowest BCUT2D eigenvalue weighted by molar-refractivity contribution is -0.302. The van der Waals surface area contributed by atoms with Crippen LogP contribution >= 0.6 is 0 Å². The van der Waals surface area contributed by atoms with Gasteiger partial charge in [0, 0.05) is 0 Å². The molecule has 0 amide bonds. The van der Waals surface area contributed by atoms with Crippen LogP contribution in [0.2, 0.25) is 0 Å². The van der Waals surface area contributed by atoms with Crippen molar-refractivity contribution in [1.29, 1.82) is 0 Å². The van der Waals surface area contributed by atoms with Gasteiger partial charge in [-0.25, -0.2) is 9.78 Å². The molecule has 0 saturated carbocycles. The van der Waals surface area contributed by atoms with Gasteiger partial charge in [-0.15, -0.1) is 0 Å². The van der Waals surface area contributed by atoms with Gasteiger partial charge in [-0.1, -0.05) is 97.8 Å². The van der Waals surface area contributed by atoms with Crippen LogP contribution in [0.15, 0.2) is 0 Å². The number of rotatable bonds is 18. The summed E-state index contributed by atoms with van der Waals surface area (Å²) >= 11 is 0. The predicted octanol–water partition coefficient (Wildman–Crippen LogP) is 7.07. The second kappa shape index (κ2) is 19.0. The molecule has 0 N–H and O–H groups in total. The Hall–Kier alpha value is -0.0800. The van der Waals surface area contributed by atoms with Gasteiger partial charge < -0.3 is 0 Å². The van der Waals surface area contributed by atoms with E-state index in [1.165, 1.54) is 83.5 Å². The Balaban J connectivity index is 3.13. The van der Waals surface area contributed by atoms with Gasteiger partial charge in [0.2, 0.25) is 0 Å². The Morgan fingerprint density at radius 3 is 1.68 bits per heavy atom. The fourth-order valence-electron chi connectivity index (χ4n) is 2.75. The molecule has 0 spiro atoms. The zero-order valence-electron chi connectivity index (χ0n) is 15.7. The smallest absolute Gasteiger partial charge is 0.0850 e. The van der Waals surface area contributed by atoms with Crippen molar-refractivity contribution in [2.45, 2.75) is 111 Å². The van der Waals surface area contributed by atoms with Gasteiger partial charge in [0.25, 0.3) is 0 Å². The van der Waals surface area contributed by atoms with E-state index < -0.39 is 0 Å². The first-order chi connectivity index (χ1) is 10.8. The third-order valence-corrected chi connectivity index (χ3v) is 4.51. The van der Waals surface area contributed by atoms with Crippen molar-refractivity contribution >= 4 is 0 Å².